The van der Waals surface area contributed by atoms with Gasteiger partial charge in [0.25, 0.3) is 5.91 Å². The second kappa shape index (κ2) is 10.5. The lowest BCUT2D eigenvalue weighted by Crippen LogP contribution is -2.28. The molecule has 0 spiro atoms. The Hall–Kier alpha value is -3.52. The lowest BCUT2D eigenvalue weighted by atomic mass is 10.1. The number of carbonyl (C=O) groups excluding carboxylic acids is 1. The van der Waals surface area contributed by atoms with Crippen LogP contribution < -0.4 is 14.8 Å². The maximum atomic E-state index is 13.3. The van der Waals surface area contributed by atoms with Gasteiger partial charge in [-0.25, -0.2) is 8.78 Å². The Balaban J connectivity index is 1.64. The maximum absolute atomic E-state index is 13.3. The number of hydrogen-bond acceptors (Lipinski definition) is 5. The number of pyridine rings is 1. The van der Waals surface area contributed by atoms with E-state index in [9.17, 15) is 18.7 Å². The maximum Gasteiger partial charge on any atom is 0.251 e. The number of halogens is 2. The molecule has 6 nitrogen and oxygen atoms in total. The van der Waals surface area contributed by atoms with Crippen molar-refractivity contribution in [1.82, 2.24) is 10.3 Å². The van der Waals surface area contributed by atoms with Gasteiger partial charge in [-0.2, -0.15) is 0 Å². The van der Waals surface area contributed by atoms with E-state index >= 15 is 0 Å². The number of hydrogen-bond donors (Lipinski definition) is 2. The van der Waals surface area contributed by atoms with Crippen LogP contribution in [0, 0.1) is 11.6 Å². The third-order valence-electron chi connectivity index (χ3n) is 4.41. The van der Waals surface area contributed by atoms with Crippen LogP contribution in [0.3, 0.4) is 0 Å². The average Bonchev–Trinajstić information content (AvgIpc) is 2.79. The minimum absolute atomic E-state index is 0.161. The second-order valence-corrected chi connectivity index (χ2v) is 6.64. The standard InChI is InChI=1S/C23H22F2N2O4/c1-2-30-22-11-17(6-8-21(22)31-14-15-4-3-9-26-12-15)23(29)27-13-20(28)16-5-7-18(24)19(25)10-16/h3-12,20,28H,2,13-14H2,1H3,(H,27,29). The number of rotatable bonds is 9. The lowest BCUT2D eigenvalue weighted by molar-refractivity contribution is 0.0915. The number of nitrogens with zero attached hydrogens (tertiary/aromatic N) is 1. The zero-order valence-corrected chi connectivity index (χ0v) is 16.8. The van der Waals surface area contributed by atoms with Gasteiger partial charge in [0, 0.05) is 30.1 Å². The first-order chi connectivity index (χ1) is 15.0. The van der Waals surface area contributed by atoms with Crippen LogP contribution in [0.5, 0.6) is 11.5 Å². The van der Waals surface area contributed by atoms with Gasteiger partial charge in [-0.15, -0.1) is 0 Å². The Bertz CT molecular complexity index is 1030. The summed E-state index contributed by atoms with van der Waals surface area (Å²) in [6, 6.07) is 11.5. The molecule has 2 aromatic carbocycles. The largest absolute Gasteiger partial charge is 0.490 e. The number of aliphatic hydroxyl groups excluding tert-OH is 1. The van der Waals surface area contributed by atoms with E-state index in [1.54, 1.807) is 30.6 Å². The van der Waals surface area contributed by atoms with Gasteiger partial charge in [0.05, 0.1) is 12.7 Å². The molecule has 0 fully saturated rings. The van der Waals surface area contributed by atoms with Crippen LogP contribution in [0.4, 0.5) is 8.78 Å². The molecule has 1 unspecified atom stereocenters. The number of benzene rings is 2. The highest BCUT2D eigenvalue weighted by Crippen LogP contribution is 2.29. The predicted molar refractivity (Wildman–Crippen MR) is 110 cm³/mol. The number of aromatic nitrogens is 1. The summed E-state index contributed by atoms with van der Waals surface area (Å²) < 4.78 is 37.7. The van der Waals surface area contributed by atoms with E-state index in [-0.39, 0.29) is 12.1 Å². The molecule has 0 saturated heterocycles. The molecule has 31 heavy (non-hydrogen) atoms. The van der Waals surface area contributed by atoms with Crippen molar-refractivity contribution in [2.45, 2.75) is 19.6 Å². The van der Waals surface area contributed by atoms with Crippen LogP contribution in [-0.2, 0) is 6.61 Å². The molecule has 3 rings (SSSR count). The summed E-state index contributed by atoms with van der Waals surface area (Å²) in [5, 5.41) is 12.7. The SMILES string of the molecule is CCOc1cc(C(=O)NCC(O)c2ccc(F)c(F)c2)ccc1OCc1cccnc1. The van der Waals surface area contributed by atoms with Crippen LogP contribution in [0.25, 0.3) is 0 Å². The molecule has 1 atom stereocenters. The van der Waals surface area contributed by atoms with Gasteiger partial charge in [0.15, 0.2) is 23.1 Å². The van der Waals surface area contributed by atoms with E-state index in [1.807, 2.05) is 19.1 Å². The topological polar surface area (TPSA) is 80.7 Å². The van der Waals surface area contributed by atoms with Crippen molar-refractivity contribution in [3.63, 3.8) is 0 Å². The van der Waals surface area contributed by atoms with Gasteiger partial charge in [-0.1, -0.05) is 12.1 Å². The molecule has 0 bridgehead atoms. The van der Waals surface area contributed by atoms with Crippen LogP contribution in [0.15, 0.2) is 60.9 Å². The Morgan fingerprint density at radius 3 is 2.65 bits per heavy atom. The molecule has 0 saturated carbocycles. The normalized spacial score (nSPS) is 11.6. The first-order valence-corrected chi connectivity index (χ1v) is 9.67. The number of amides is 1. The van der Waals surface area contributed by atoms with E-state index in [4.69, 9.17) is 9.47 Å². The van der Waals surface area contributed by atoms with E-state index < -0.39 is 23.6 Å². The number of aliphatic hydroxyl groups is 1. The zero-order valence-electron chi connectivity index (χ0n) is 16.8. The van der Waals surface area contributed by atoms with Crippen molar-refractivity contribution in [1.29, 1.82) is 0 Å². The molecule has 0 aliphatic heterocycles. The first kappa shape index (κ1) is 22.2. The Kier molecular flexibility index (Phi) is 7.50. The Morgan fingerprint density at radius 2 is 1.94 bits per heavy atom. The molecular formula is C23H22F2N2O4. The van der Waals surface area contributed by atoms with Crippen molar-refractivity contribution in [2.75, 3.05) is 13.2 Å². The van der Waals surface area contributed by atoms with Gasteiger partial charge in [-0.05, 0) is 48.9 Å². The third-order valence-corrected chi connectivity index (χ3v) is 4.41. The van der Waals surface area contributed by atoms with Crippen molar-refractivity contribution < 1.29 is 28.2 Å². The average molecular weight is 428 g/mol. The molecule has 3 aromatic rings. The summed E-state index contributed by atoms with van der Waals surface area (Å²) >= 11 is 0. The number of ether oxygens (including phenoxy) is 2. The third kappa shape index (κ3) is 5.99. The Labute approximate surface area is 178 Å². The minimum Gasteiger partial charge on any atom is -0.490 e. The number of nitrogens with one attached hydrogen (secondary N) is 1. The van der Waals surface area contributed by atoms with Crippen molar-refractivity contribution >= 4 is 5.91 Å². The lowest BCUT2D eigenvalue weighted by Gasteiger charge is -2.15. The van der Waals surface area contributed by atoms with Gasteiger partial charge in [0.2, 0.25) is 0 Å². The summed E-state index contributed by atoms with van der Waals surface area (Å²) in [5.74, 6) is -1.65. The predicted octanol–water partition coefficient (Wildman–Crippen LogP) is 3.80. The van der Waals surface area contributed by atoms with E-state index in [0.717, 1.165) is 17.7 Å². The van der Waals surface area contributed by atoms with Gasteiger partial charge >= 0.3 is 0 Å². The van der Waals surface area contributed by atoms with Crippen LogP contribution >= 0.6 is 0 Å². The minimum atomic E-state index is -1.19. The summed E-state index contributed by atoms with van der Waals surface area (Å²) in [4.78, 5) is 16.5. The molecular weight excluding hydrogens is 406 g/mol. The molecule has 0 aliphatic rings. The van der Waals surface area contributed by atoms with Crippen LogP contribution in [0.2, 0.25) is 0 Å². The molecule has 1 heterocycles. The first-order valence-electron chi connectivity index (χ1n) is 9.67. The molecule has 1 amide bonds. The fourth-order valence-electron chi connectivity index (χ4n) is 2.81. The molecule has 162 valence electrons. The highest BCUT2D eigenvalue weighted by atomic mass is 19.2. The smallest absolute Gasteiger partial charge is 0.251 e. The highest BCUT2D eigenvalue weighted by Gasteiger charge is 2.15. The van der Waals surface area contributed by atoms with Crippen LogP contribution in [-0.4, -0.2) is 29.1 Å². The second-order valence-electron chi connectivity index (χ2n) is 6.64. The van der Waals surface area contributed by atoms with E-state index in [1.165, 1.54) is 6.07 Å². The summed E-state index contributed by atoms with van der Waals surface area (Å²) in [6.45, 7) is 2.31. The van der Waals surface area contributed by atoms with Crippen molar-refractivity contribution in [2.24, 2.45) is 0 Å². The molecule has 1 aromatic heterocycles. The van der Waals surface area contributed by atoms with E-state index in [2.05, 4.69) is 10.3 Å². The molecule has 2 N–H and O–H groups in total. The summed E-state index contributed by atoms with van der Waals surface area (Å²) in [6.07, 6.45) is 2.18. The Morgan fingerprint density at radius 1 is 1.10 bits per heavy atom. The van der Waals surface area contributed by atoms with Crippen molar-refractivity contribution in [3.8, 4) is 11.5 Å². The quantitative estimate of drug-likeness (QED) is 0.542. The van der Waals surface area contributed by atoms with E-state index in [0.29, 0.717) is 30.3 Å². The fourth-order valence-corrected chi connectivity index (χ4v) is 2.81. The molecule has 0 aliphatic carbocycles. The summed E-state index contributed by atoms with van der Waals surface area (Å²) in [7, 11) is 0. The summed E-state index contributed by atoms with van der Waals surface area (Å²) in [5.41, 5.74) is 1.35. The molecule has 8 heteroatoms. The number of carbonyl (C=O) groups is 1. The van der Waals surface area contributed by atoms with Crippen molar-refractivity contribution in [3.05, 3.63) is 89.2 Å². The van der Waals surface area contributed by atoms with Gasteiger partial charge in [-0.3, -0.25) is 9.78 Å². The molecule has 0 radical (unpaired) electrons. The highest BCUT2D eigenvalue weighted by molar-refractivity contribution is 5.94. The van der Waals surface area contributed by atoms with Gasteiger partial charge in [0.1, 0.15) is 6.61 Å². The monoisotopic (exact) mass is 428 g/mol. The fraction of sp³-hybridized carbons (Fsp3) is 0.217. The van der Waals surface area contributed by atoms with Gasteiger partial charge < -0.3 is 19.9 Å². The zero-order chi connectivity index (χ0) is 22.2. The van der Waals surface area contributed by atoms with Crippen LogP contribution in [0.1, 0.15) is 34.5 Å².